The van der Waals surface area contributed by atoms with E-state index < -0.39 is 36.4 Å². The zero-order valence-corrected chi connectivity index (χ0v) is 32.9. The molecule has 0 saturated carbocycles. The Labute approximate surface area is 318 Å². The van der Waals surface area contributed by atoms with Gasteiger partial charge in [-0.15, -0.1) is 11.3 Å². The van der Waals surface area contributed by atoms with Crippen LogP contribution in [-0.4, -0.2) is 88.5 Å². The molecule has 0 unspecified atom stereocenters. The topological polar surface area (TPSA) is 147 Å². The van der Waals surface area contributed by atoms with Gasteiger partial charge in [0.25, 0.3) is 10.0 Å². The Kier molecular flexibility index (Phi) is 11.5. The van der Waals surface area contributed by atoms with E-state index in [1.165, 1.54) is 23.7 Å². The molecule has 1 fully saturated rings. The fraction of sp³-hybridized carbons (Fsp3) is 0.324. The average molecular weight is 798 g/mol. The first-order valence-corrected chi connectivity index (χ1v) is 21.5. The van der Waals surface area contributed by atoms with E-state index >= 15 is 0 Å². The number of hydrogen-bond acceptors (Lipinski definition) is 12. The molecule has 0 spiro atoms. The summed E-state index contributed by atoms with van der Waals surface area (Å²) in [6, 6.07) is 15.0. The highest BCUT2D eigenvalue weighted by Gasteiger charge is 2.26. The largest absolute Gasteiger partial charge is 0.494 e. The molecule has 1 aliphatic heterocycles. The second-order valence-electron chi connectivity index (χ2n) is 13.3. The average Bonchev–Trinajstić information content (AvgIpc) is 3.57. The molecule has 0 atom stereocenters. The molecule has 2 N–H and O–H groups in total. The molecule has 286 valence electrons. The first-order chi connectivity index (χ1) is 25.6. The molecule has 3 aromatic carbocycles. The van der Waals surface area contributed by atoms with E-state index in [1.54, 1.807) is 37.6 Å². The number of halogens is 2. The van der Waals surface area contributed by atoms with E-state index in [2.05, 4.69) is 24.8 Å². The van der Waals surface area contributed by atoms with Gasteiger partial charge in [0.1, 0.15) is 27.2 Å². The Hall–Kier alpha value is -4.71. The summed E-state index contributed by atoms with van der Waals surface area (Å²) in [6.07, 6.45) is 2.89. The molecule has 17 heteroatoms. The van der Waals surface area contributed by atoms with Crippen LogP contribution in [0.15, 0.2) is 71.8 Å². The highest BCUT2D eigenvalue weighted by Crippen LogP contribution is 2.40. The summed E-state index contributed by atoms with van der Waals surface area (Å²) >= 11 is 1.45. The molecule has 5 aromatic rings. The predicted molar refractivity (Wildman–Crippen MR) is 209 cm³/mol. The molecule has 1 aliphatic rings. The van der Waals surface area contributed by atoms with Crippen LogP contribution in [0.5, 0.6) is 5.75 Å². The molecular formula is C37H41F2N7O5S3. The van der Waals surface area contributed by atoms with Crippen molar-refractivity contribution in [2.75, 3.05) is 66.8 Å². The van der Waals surface area contributed by atoms with Gasteiger partial charge in [0.15, 0.2) is 4.90 Å². The fourth-order valence-corrected chi connectivity index (χ4v) is 8.92. The van der Waals surface area contributed by atoms with Gasteiger partial charge in [-0.25, -0.2) is 40.6 Å². The number of piperazine rings is 1. The second kappa shape index (κ2) is 15.9. The van der Waals surface area contributed by atoms with Crippen molar-refractivity contribution in [3.05, 3.63) is 89.1 Å². The van der Waals surface area contributed by atoms with E-state index in [0.29, 0.717) is 40.9 Å². The van der Waals surface area contributed by atoms with Gasteiger partial charge in [0.2, 0.25) is 5.95 Å². The Morgan fingerprint density at radius 1 is 0.944 bits per heavy atom. The van der Waals surface area contributed by atoms with Gasteiger partial charge in [-0.1, -0.05) is 32.0 Å². The molecule has 0 radical (unpaired) electrons. The summed E-state index contributed by atoms with van der Waals surface area (Å²) in [6.45, 7) is 9.58. The molecule has 2 aromatic heterocycles. The molecule has 1 saturated heterocycles. The van der Waals surface area contributed by atoms with Crippen LogP contribution in [0, 0.1) is 18.6 Å². The number of ether oxygens (including phenoxy) is 1. The van der Waals surface area contributed by atoms with E-state index in [1.807, 2.05) is 32.9 Å². The zero-order valence-electron chi connectivity index (χ0n) is 30.4. The fourth-order valence-electron chi connectivity index (χ4n) is 6.09. The van der Waals surface area contributed by atoms with Crippen molar-refractivity contribution >= 4 is 54.2 Å². The summed E-state index contributed by atoms with van der Waals surface area (Å²) in [5, 5.41) is 4.14. The van der Waals surface area contributed by atoms with Crippen LogP contribution in [0.2, 0.25) is 0 Å². The first kappa shape index (κ1) is 39.0. The quantitative estimate of drug-likeness (QED) is 0.131. The van der Waals surface area contributed by atoms with Gasteiger partial charge in [-0.3, -0.25) is 9.62 Å². The SMILES string of the molecule is COc1cc(N2CCN(CCS(C)(=O)=O)CC2)c(C)cc1Nc1nccc(-c2sc(C(C)C)nc2-c2cccc(NS(=O)(=O)c3c(F)cccc3F)c2)n1. The number of hydrogen-bond donors (Lipinski definition) is 2. The summed E-state index contributed by atoms with van der Waals surface area (Å²) in [4.78, 5) is 18.3. The maximum atomic E-state index is 14.4. The van der Waals surface area contributed by atoms with E-state index in [-0.39, 0.29) is 17.4 Å². The summed E-state index contributed by atoms with van der Waals surface area (Å²) in [5.74, 6) is -1.26. The minimum atomic E-state index is -4.59. The number of rotatable bonds is 13. The number of nitrogens with zero attached hydrogens (tertiary/aromatic N) is 5. The molecule has 0 amide bonds. The number of benzene rings is 3. The normalized spacial score (nSPS) is 14.0. The van der Waals surface area contributed by atoms with Gasteiger partial charge in [-0.2, -0.15) is 0 Å². The number of thiazole rings is 1. The molecule has 12 nitrogen and oxygen atoms in total. The molecule has 0 bridgehead atoms. The van der Waals surface area contributed by atoms with Gasteiger partial charge in [-0.05, 0) is 48.9 Å². The van der Waals surface area contributed by atoms with Gasteiger partial charge >= 0.3 is 0 Å². The van der Waals surface area contributed by atoms with Crippen molar-refractivity contribution in [2.45, 2.75) is 31.6 Å². The molecule has 54 heavy (non-hydrogen) atoms. The Balaban J connectivity index is 1.25. The number of nitrogens with one attached hydrogen (secondary N) is 2. The number of sulfone groups is 1. The van der Waals surface area contributed by atoms with Crippen molar-refractivity contribution in [2.24, 2.45) is 0 Å². The standard InChI is InChI=1S/C37H41F2N7O5S3/c1-23(2)36-43-33(25-8-6-9-26(21-25)44-54(49,50)35-27(38)10-7-11-28(35)39)34(52-36)29-12-13-40-37(41-29)42-30-20-24(3)31(22-32(30)51-4)46-16-14-45(15-17-46)18-19-53(5,47)48/h6-13,20-23,44H,14-19H2,1-5H3,(H,40,41,42). The molecular weight excluding hydrogens is 757 g/mol. The highest BCUT2D eigenvalue weighted by atomic mass is 32.2. The maximum Gasteiger partial charge on any atom is 0.267 e. The summed E-state index contributed by atoms with van der Waals surface area (Å²) in [5.41, 5.74) is 4.51. The highest BCUT2D eigenvalue weighted by molar-refractivity contribution is 7.92. The van der Waals surface area contributed by atoms with Crippen LogP contribution in [0.3, 0.4) is 0 Å². The number of aromatic nitrogens is 3. The third-order valence-electron chi connectivity index (χ3n) is 8.86. The second-order valence-corrected chi connectivity index (χ2v) is 18.2. The lowest BCUT2D eigenvalue weighted by molar-refractivity contribution is 0.272. The van der Waals surface area contributed by atoms with Gasteiger partial charge in [0.05, 0.1) is 39.8 Å². The summed E-state index contributed by atoms with van der Waals surface area (Å²) in [7, 11) is -6.01. The summed E-state index contributed by atoms with van der Waals surface area (Å²) < 4.78 is 86.2. The van der Waals surface area contributed by atoms with Gasteiger partial charge < -0.3 is 15.0 Å². The number of anilines is 4. The minimum Gasteiger partial charge on any atom is -0.494 e. The van der Waals surface area contributed by atoms with E-state index in [4.69, 9.17) is 14.7 Å². The third-order valence-corrected chi connectivity index (χ3v) is 12.6. The molecule has 6 rings (SSSR count). The van der Waals surface area contributed by atoms with Crippen LogP contribution < -0.4 is 19.7 Å². The Bertz CT molecular complexity index is 2360. The van der Waals surface area contributed by atoms with Crippen LogP contribution in [-0.2, 0) is 19.9 Å². The third kappa shape index (κ3) is 8.97. The van der Waals surface area contributed by atoms with Gasteiger partial charge in [0, 0.05) is 74.1 Å². The lowest BCUT2D eigenvalue weighted by atomic mass is 10.1. The van der Waals surface area contributed by atoms with E-state index in [0.717, 1.165) is 65.5 Å². The molecule has 0 aliphatic carbocycles. The van der Waals surface area contributed by atoms with Crippen LogP contribution in [0.4, 0.5) is 31.8 Å². The number of sulfonamides is 1. The zero-order chi connectivity index (χ0) is 38.8. The maximum absolute atomic E-state index is 14.4. The lowest BCUT2D eigenvalue weighted by Crippen LogP contribution is -2.47. The first-order valence-electron chi connectivity index (χ1n) is 17.1. The number of methoxy groups -OCH3 is 1. The van der Waals surface area contributed by atoms with Crippen molar-refractivity contribution < 1.29 is 30.4 Å². The van der Waals surface area contributed by atoms with Crippen molar-refractivity contribution in [1.29, 1.82) is 0 Å². The van der Waals surface area contributed by atoms with Crippen LogP contribution >= 0.6 is 11.3 Å². The van der Waals surface area contributed by atoms with E-state index in [9.17, 15) is 25.6 Å². The lowest BCUT2D eigenvalue weighted by Gasteiger charge is -2.37. The molecule has 3 heterocycles. The number of aryl methyl sites for hydroxylation is 1. The Morgan fingerprint density at radius 2 is 1.65 bits per heavy atom. The minimum absolute atomic E-state index is 0.0777. The van der Waals surface area contributed by atoms with Crippen molar-refractivity contribution in [1.82, 2.24) is 19.9 Å². The van der Waals surface area contributed by atoms with Crippen LogP contribution in [0.1, 0.15) is 30.3 Å². The van der Waals surface area contributed by atoms with Crippen LogP contribution in [0.25, 0.3) is 21.8 Å². The monoisotopic (exact) mass is 797 g/mol. The van der Waals surface area contributed by atoms with Crippen molar-refractivity contribution in [3.8, 4) is 27.6 Å². The van der Waals surface area contributed by atoms with Crippen molar-refractivity contribution in [3.63, 3.8) is 0 Å². The smallest absolute Gasteiger partial charge is 0.267 e. The Morgan fingerprint density at radius 3 is 2.31 bits per heavy atom. The predicted octanol–water partition coefficient (Wildman–Crippen LogP) is 6.70.